The fourth-order valence-electron chi connectivity index (χ4n) is 3.47. The molecule has 0 saturated heterocycles. The molecule has 0 fully saturated rings. The van der Waals surface area contributed by atoms with Gasteiger partial charge in [0.25, 0.3) is 0 Å². The molecule has 4 aromatic carbocycles. The van der Waals surface area contributed by atoms with Gasteiger partial charge in [-0.15, -0.1) is 0 Å². The molecule has 0 aliphatic carbocycles. The average molecular weight is 469 g/mol. The van der Waals surface area contributed by atoms with Crippen LogP contribution >= 0.6 is 0 Å². The summed E-state index contributed by atoms with van der Waals surface area (Å²) in [6.45, 7) is 0. The van der Waals surface area contributed by atoms with E-state index in [1.165, 1.54) is 6.08 Å². The van der Waals surface area contributed by atoms with Gasteiger partial charge in [0.05, 0.1) is 22.0 Å². The van der Waals surface area contributed by atoms with E-state index in [1.807, 2.05) is 54.6 Å². The van der Waals surface area contributed by atoms with Crippen molar-refractivity contribution in [3.63, 3.8) is 0 Å². The van der Waals surface area contributed by atoms with Crippen molar-refractivity contribution in [1.29, 1.82) is 0 Å². The van der Waals surface area contributed by atoms with Gasteiger partial charge < -0.3 is 11.1 Å². The Bertz CT molecular complexity index is 1410. The minimum absolute atomic E-state index is 0.0852. The Morgan fingerprint density at radius 3 is 2.06 bits per heavy atom. The number of benzene rings is 4. The molecule has 4 rings (SSSR count). The molecule has 0 aromatic heterocycles. The molecule has 170 valence electrons. The number of amides is 1. The Morgan fingerprint density at radius 2 is 1.38 bits per heavy atom. The molecule has 0 spiro atoms. The summed E-state index contributed by atoms with van der Waals surface area (Å²) in [5.41, 5.74) is 10.4. The van der Waals surface area contributed by atoms with Crippen LogP contribution in [0.5, 0.6) is 0 Å². The third-order valence-corrected chi connectivity index (χ3v) is 7.01. The third kappa shape index (κ3) is 5.79. The van der Waals surface area contributed by atoms with Crippen LogP contribution in [0.2, 0.25) is 0 Å². The summed E-state index contributed by atoms with van der Waals surface area (Å²) in [6, 6.07) is 30.9. The molecule has 0 saturated carbocycles. The maximum absolute atomic E-state index is 12.9. The normalized spacial score (nSPS) is 11.4. The smallest absolute Gasteiger partial charge is 0.248 e. The molecule has 0 bridgehead atoms. The fraction of sp³-hybridized carbons (Fsp3) is 0.0357. The number of nitrogens with two attached hydrogens (primary N) is 1. The minimum atomic E-state index is -3.50. The van der Waals surface area contributed by atoms with Crippen molar-refractivity contribution in [2.75, 3.05) is 11.1 Å². The lowest BCUT2D eigenvalue weighted by molar-refractivity contribution is -0.111. The highest BCUT2D eigenvalue weighted by Gasteiger charge is 2.15. The summed E-state index contributed by atoms with van der Waals surface area (Å²) in [4.78, 5) is 12.4. The highest BCUT2D eigenvalue weighted by molar-refractivity contribution is 7.90. The van der Waals surface area contributed by atoms with Crippen LogP contribution in [0.15, 0.2) is 114 Å². The van der Waals surface area contributed by atoms with E-state index in [1.54, 1.807) is 54.6 Å². The van der Waals surface area contributed by atoms with Crippen LogP contribution in [0, 0.1) is 0 Å². The number of carbonyl (C=O) groups is 1. The number of hydrogen-bond donors (Lipinski definition) is 2. The van der Waals surface area contributed by atoms with Gasteiger partial charge in [-0.05, 0) is 52.6 Å². The SMILES string of the molecule is Nc1ccccc1NC(=O)/C=C/c1ccc(S(=O)(=O)Cc2ccc(-c3ccccc3)cc2)cc1. The predicted molar refractivity (Wildman–Crippen MR) is 138 cm³/mol. The zero-order chi connectivity index (χ0) is 24.0. The summed E-state index contributed by atoms with van der Waals surface area (Å²) >= 11 is 0. The van der Waals surface area contributed by atoms with Gasteiger partial charge in [-0.1, -0.05) is 78.9 Å². The zero-order valence-corrected chi connectivity index (χ0v) is 19.2. The second-order valence-electron chi connectivity index (χ2n) is 7.80. The van der Waals surface area contributed by atoms with Gasteiger partial charge in [0.1, 0.15) is 0 Å². The Kier molecular flexibility index (Phi) is 6.90. The first-order chi connectivity index (χ1) is 16.4. The first-order valence-electron chi connectivity index (χ1n) is 10.7. The molecule has 3 N–H and O–H groups in total. The second-order valence-corrected chi connectivity index (χ2v) is 9.79. The van der Waals surface area contributed by atoms with Gasteiger partial charge in [0, 0.05) is 6.08 Å². The van der Waals surface area contributed by atoms with Crippen molar-refractivity contribution in [3.8, 4) is 11.1 Å². The molecular formula is C28H24N2O3S. The van der Waals surface area contributed by atoms with Crippen molar-refractivity contribution < 1.29 is 13.2 Å². The monoisotopic (exact) mass is 468 g/mol. The summed E-state index contributed by atoms with van der Waals surface area (Å²) in [5.74, 6) is -0.411. The summed E-state index contributed by atoms with van der Waals surface area (Å²) in [7, 11) is -3.50. The lowest BCUT2D eigenvalue weighted by Gasteiger charge is -2.07. The summed E-state index contributed by atoms with van der Waals surface area (Å²) in [6.07, 6.45) is 3.00. The Morgan fingerprint density at radius 1 is 0.765 bits per heavy atom. The van der Waals surface area contributed by atoms with E-state index in [-0.39, 0.29) is 16.6 Å². The van der Waals surface area contributed by atoms with Crippen molar-refractivity contribution in [3.05, 3.63) is 120 Å². The second kappa shape index (κ2) is 10.2. The number of nitrogens with one attached hydrogen (secondary N) is 1. The number of rotatable bonds is 7. The first-order valence-corrected chi connectivity index (χ1v) is 12.4. The van der Waals surface area contributed by atoms with E-state index >= 15 is 0 Å². The molecule has 0 atom stereocenters. The lowest BCUT2D eigenvalue weighted by Crippen LogP contribution is -2.09. The summed E-state index contributed by atoms with van der Waals surface area (Å²) in [5, 5.41) is 2.71. The highest BCUT2D eigenvalue weighted by Crippen LogP contribution is 2.22. The highest BCUT2D eigenvalue weighted by atomic mass is 32.2. The first kappa shape index (κ1) is 23.0. The zero-order valence-electron chi connectivity index (χ0n) is 18.4. The van der Waals surface area contributed by atoms with Gasteiger partial charge in [0.2, 0.25) is 5.91 Å². The molecule has 4 aromatic rings. The van der Waals surface area contributed by atoms with E-state index in [9.17, 15) is 13.2 Å². The molecule has 6 heteroatoms. The van der Waals surface area contributed by atoms with Crippen LogP contribution in [-0.4, -0.2) is 14.3 Å². The molecule has 1 amide bonds. The topological polar surface area (TPSA) is 89.3 Å². The van der Waals surface area contributed by atoms with Crippen molar-refractivity contribution >= 4 is 33.2 Å². The quantitative estimate of drug-likeness (QED) is 0.274. The number of para-hydroxylation sites is 2. The largest absolute Gasteiger partial charge is 0.397 e. The van der Waals surface area contributed by atoms with Crippen LogP contribution in [0.3, 0.4) is 0 Å². The molecule has 0 aliphatic heterocycles. The van der Waals surface area contributed by atoms with E-state index in [0.29, 0.717) is 16.9 Å². The third-order valence-electron chi connectivity index (χ3n) is 5.30. The van der Waals surface area contributed by atoms with Crippen LogP contribution in [0.4, 0.5) is 11.4 Å². The van der Waals surface area contributed by atoms with Crippen LogP contribution in [-0.2, 0) is 20.4 Å². The Hall–Kier alpha value is -4.16. The van der Waals surface area contributed by atoms with E-state index in [4.69, 9.17) is 5.73 Å². The molecule has 34 heavy (non-hydrogen) atoms. The molecule has 0 aliphatic rings. The number of sulfone groups is 1. The minimum Gasteiger partial charge on any atom is -0.397 e. The van der Waals surface area contributed by atoms with Gasteiger partial charge in [-0.2, -0.15) is 0 Å². The molecule has 5 nitrogen and oxygen atoms in total. The van der Waals surface area contributed by atoms with Gasteiger partial charge >= 0.3 is 0 Å². The Labute approximate surface area is 199 Å². The van der Waals surface area contributed by atoms with E-state index in [2.05, 4.69) is 5.32 Å². The van der Waals surface area contributed by atoms with Gasteiger partial charge in [-0.3, -0.25) is 4.79 Å². The molecule has 0 heterocycles. The van der Waals surface area contributed by atoms with Gasteiger partial charge in [0.15, 0.2) is 9.84 Å². The number of nitrogen functional groups attached to an aromatic ring is 1. The van der Waals surface area contributed by atoms with Crippen molar-refractivity contribution in [1.82, 2.24) is 0 Å². The molecular weight excluding hydrogens is 444 g/mol. The maximum atomic E-state index is 12.9. The lowest BCUT2D eigenvalue weighted by atomic mass is 10.0. The van der Waals surface area contributed by atoms with Crippen LogP contribution < -0.4 is 11.1 Å². The number of hydrogen-bond acceptors (Lipinski definition) is 4. The Balaban J connectivity index is 1.40. The van der Waals surface area contributed by atoms with Crippen molar-refractivity contribution in [2.24, 2.45) is 0 Å². The maximum Gasteiger partial charge on any atom is 0.248 e. The number of carbonyl (C=O) groups excluding carboxylic acids is 1. The van der Waals surface area contributed by atoms with E-state index in [0.717, 1.165) is 16.7 Å². The fourth-order valence-corrected chi connectivity index (χ4v) is 4.82. The van der Waals surface area contributed by atoms with Crippen LogP contribution in [0.1, 0.15) is 11.1 Å². The number of anilines is 2. The molecule has 0 unspecified atom stereocenters. The average Bonchev–Trinajstić information content (AvgIpc) is 2.85. The standard InChI is InChI=1S/C28H24N2O3S/c29-26-8-4-5-9-27(26)30-28(31)19-14-21-12-17-25(18-13-21)34(32,33)20-22-10-15-24(16-11-22)23-6-2-1-3-7-23/h1-19H,20,29H2,(H,30,31)/b19-14+. The predicted octanol–water partition coefficient (Wildman–Crippen LogP) is 5.56. The molecule has 0 radical (unpaired) electrons. The summed E-state index contributed by atoms with van der Waals surface area (Å²) < 4.78 is 25.8. The van der Waals surface area contributed by atoms with Gasteiger partial charge in [-0.25, -0.2) is 8.42 Å². The van der Waals surface area contributed by atoms with Crippen LogP contribution in [0.25, 0.3) is 17.2 Å². The van der Waals surface area contributed by atoms with Crippen molar-refractivity contribution in [2.45, 2.75) is 10.6 Å². The van der Waals surface area contributed by atoms with E-state index < -0.39 is 9.84 Å².